The number of fused-ring (bicyclic) bond motifs is 3. The van der Waals surface area contributed by atoms with Gasteiger partial charge in [-0.1, -0.05) is 78.1 Å². The summed E-state index contributed by atoms with van der Waals surface area (Å²) < 4.78 is 0. The molecule has 0 bridgehead atoms. The maximum absolute atomic E-state index is 2.34. The predicted molar refractivity (Wildman–Crippen MR) is 106 cm³/mol. The molecule has 0 N–H and O–H groups in total. The van der Waals surface area contributed by atoms with Crippen molar-refractivity contribution in [2.75, 3.05) is 0 Å². The Balaban J connectivity index is 1.45. The first-order valence-electron chi connectivity index (χ1n) is 11.8. The summed E-state index contributed by atoms with van der Waals surface area (Å²) in [6, 6.07) is 0. The molecule has 4 unspecified atom stereocenters. The van der Waals surface area contributed by atoms with Gasteiger partial charge >= 0.3 is 0 Å². The molecule has 0 aromatic rings. The lowest BCUT2D eigenvalue weighted by Crippen LogP contribution is -2.41. The minimum atomic E-state index is 1.10. The van der Waals surface area contributed by atoms with E-state index in [4.69, 9.17) is 0 Å². The molecule has 0 aromatic carbocycles. The number of hydrogen-bond acceptors (Lipinski definition) is 0. The van der Waals surface area contributed by atoms with Crippen molar-refractivity contribution in [3.8, 4) is 0 Å². The van der Waals surface area contributed by atoms with Gasteiger partial charge in [0.1, 0.15) is 0 Å². The lowest BCUT2D eigenvalue weighted by Gasteiger charge is -2.51. The summed E-state index contributed by atoms with van der Waals surface area (Å²) >= 11 is 0. The van der Waals surface area contributed by atoms with Crippen molar-refractivity contribution < 1.29 is 0 Å². The van der Waals surface area contributed by atoms with Crippen molar-refractivity contribution in [3.05, 3.63) is 0 Å². The van der Waals surface area contributed by atoms with E-state index in [1.54, 1.807) is 64.2 Å². The Morgan fingerprint density at radius 3 is 1.42 bits per heavy atom. The average Bonchev–Trinajstić information content (AvgIpc) is 2.62. The minimum absolute atomic E-state index is 1.10. The van der Waals surface area contributed by atoms with Crippen molar-refractivity contribution in [2.45, 2.75) is 117 Å². The third-order valence-corrected chi connectivity index (χ3v) is 8.19. The van der Waals surface area contributed by atoms with Gasteiger partial charge in [0.15, 0.2) is 0 Å². The lowest BCUT2D eigenvalue weighted by atomic mass is 9.55. The van der Waals surface area contributed by atoms with Crippen LogP contribution < -0.4 is 0 Å². The molecule has 3 saturated carbocycles. The van der Waals surface area contributed by atoms with E-state index in [1.807, 2.05) is 0 Å². The van der Waals surface area contributed by atoms with Gasteiger partial charge in [0.2, 0.25) is 0 Å². The zero-order valence-electron chi connectivity index (χ0n) is 16.8. The molecule has 3 aliphatic rings. The summed E-state index contributed by atoms with van der Waals surface area (Å²) in [5.74, 6) is 6.73. The molecule has 0 aromatic heterocycles. The molecule has 3 rings (SSSR count). The molecule has 0 radical (unpaired) electrons. The molecular weight excluding hydrogens is 288 g/mol. The van der Waals surface area contributed by atoms with Crippen LogP contribution in [0.2, 0.25) is 0 Å². The van der Waals surface area contributed by atoms with E-state index in [0.29, 0.717) is 0 Å². The lowest BCUT2D eigenvalue weighted by molar-refractivity contribution is -0.00458. The third kappa shape index (κ3) is 4.79. The van der Waals surface area contributed by atoms with Crippen LogP contribution in [0.25, 0.3) is 0 Å². The van der Waals surface area contributed by atoms with E-state index in [-0.39, 0.29) is 0 Å². The summed E-state index contributed by atoms with van der Waals surface area (Å²) in [4.78, 5) is 0. The Labute approximate surface area is 152 Å². The molecule has 0 heteroatoms. The second-order valence-corrected chi connectivity index (χ2v) is 9.77. The van der Waals surface area contributed by atoms with E-state index in [2.05, 4.69) is 13.8 Å². The SMILES string of the molecule is CCCCC[C@H]1CCC2C(CCC3C[C@@H](CCCCC)CCC32)C1. The Morgan fingerprint density at radius 1 is 0.542 bits per heavy atom. The quantitative estimate of drug-likeness (QED) is 0.395. The molecule has 24 heavy (non-hydrogen) atoms. The fourth-order valence-corrected chi connectivity index (χ4v) is 6.88. The summed E-state index contributed by atoms with van der Waals surface area (Å²) in [6.45, 7) is 4.69. The highest BCUT2D eigenvalue weighted by Crippen LogP contribution is 2.54. The predicted octanol–water partition coefficient (Wildman–Crippen LogP) is 8.01. The van der Waals surface area contributed by atoms with Crippen LogP contribution in [0.1, 0.15) is 117 Å². The molecule has 6 atom stereocenters. The zero-order valence-corrected chi connectivity index (χ0v) is 16.8. The standard InChI is InChI=1S/C24H44/c1-3-5-7-9-19-11-15-23-21(17-19)13-14-22-18-20(10-8-6-4-2)12-16-24(22)23/h19-24H,3-18H2,1-2H3/t19-,20-,21?,22?,23?,24?/m0/s1. The Bertz CT molecular complexity index is 312. The largest absolute Gasteiger partial charge is 0.0654 e. The van der Waals surface area contributed by atoms with Crippen LogP contribution in [-0.2, 0) is 0 Å². The molecular formula is C24H44. The maximum atomic E-state index is 2.34. The maximum Gasteiger partial charge on any atom is -0.0355 e. The van der Waals surface area contributed by atoms with Gasteiger partial charge in [0.25, 0.3) is 0 Å². The van der Waals surface area contributed by atoms with Crippen molar-refractivity contribution >= 4 is 0 Å². The normalized spacial score (nSPS) is 39.2. The van der Waals surface area contributed by atoms with Crippen molar-refractivity contribution in [2.24, 2.45) is 35.5 Å². The van der Waals surface area contributed by atoms with E-state index >= 15 is 0 Å². The van der Waals surface area contributed by atoms with Crippen LogP contribution in [0, 0.1) is 35.5 Å². The van der Waals surface area contributed by atoms with Crippen LogP contribution >= 0.6 is 0 Å². The highest BCUT2D eigenvalue weighted by Gasteiger charge is 2.44. The van der Waals surface area contributed by atoms with Gasteiger partial charge in [0.05, 0.1) is 0 Å². The molecule has 0 aliphatic heterocycles. The summed E-state index contributed by atoms with van der Waals surface area (Å²) in [5, 5.41) is 0. The molecule has 0 saturated heterocycles. The Hall–Kier alpha value is 0. The van der Waals surface area contributed by atoms with Crippen LogP contribution in [0.4, 0.5) is 0 Å². The molecule has 0 amide bonds. The van der Waals surface area contributed by atoms with E-state index in [1.165, 1.54) is 38.5 Å². The first-order valence-corrected chi connectivity index (χ1v) is 11.8. The topological polar surface area (TPSA) is 0 Å². The Morgan fingerprint density at radius 2 is 1.00 bits per heavy atom. The van der Waals surface area contributed by atoms with Crippen molar-refractivity contribution in [1.82, 2.24) is 0 Å². The fraction of sp³-hybridized carbons (Fsp3) is 1.00. The van der Waals surface area contributed by atoms with Gasteiger partial charge in [0, 0.05) is 0 Å². The number of rotatable bonds is 8. The first-order chi connectivity index (χ1) is 11.8. The average molecular weight is 333 g/mol. The zero-order chi connectivity index (χ0) is 16.8. The second-order valence-electron chi connectivity index (χ2n) is 9.77. The summed E-state index contributed by atoms with van der Waals surface area (Å²) in [5.41, 5.74) is 0. The van der Waals surface area contributed by atoms with Gasteiger partial charge in [-0.25, -0.2) is 0 Å². The molecule has 0 nitrogen and oxygen atoms in total. The fourth-order valence-electron chi connectivity index (χ4n) is 6.88. The van der Waals surface area contributed by atoms with Gasteiger partial charge in [-0.05, 0) is 74.0 Å². The van der Waals surface area contributed by atoms with E-state index in [9.17, 15) is 0 Å². The highest BCUT2D eigenvalue weighted by atomic mass is 14.5. The molecule has 0 spiro atoms. The summed E-state index contributed by atoms with van der Waals surface area (Å²) in [6.07, 6.45) is 24.6. The molecule has 3 aliphatic carbocycles. The molecule has 0 heterocycles. The smallest absolute Gasteiger partial charge is 0.0355 e. The molecule has 3 fully saturated rings. The monoisotopic (exact) mass is 332 g/mol. The number of unbranched alkanes of at least 4 members (excludes halogenated alkanes) is 4. The van der Waals surface area contributed by atoms with Gasteiger partial charge in [-0.2, -0.15) is 0 Å². The van der Waals surface area contributed by atoms with Crippen LogP contribution in [0.5, 0.6) is 0 Å². The van der Waals surface area contributed by atoms with Crippen LogP contribution in [0.3, 0.4) is 0 Å². The molecule has 140 valence electrons. The third-order valence-electron chi connectivity index (χ3n) is 8.19. The first kappa shape index (κ1) is 18.8. The van der Waals surface area contributed by atoms with Gasteiger partial charge in [-0.15, -0.1) is 0 Å². The highest BCUT2D eigenvalue weighted by molar-refractivity contribution is 4.94. The van der Waals surface area contributed by atoms with E-state index < -0.39 is 0 Å². The Kier molecular flexibility index (Phi) is 7.54. The minimum Gasteiger partial charge on any atom is -0.0654 e. The van der Waals surface area contributed by atoms with E-state index in [0.717, 1.165) is 35.5 Å². The number of hydrogen-bond donors (Lipinski definition) is 0. The van der Waals surface area contributed by atoms with Crippen molar-refractivity contribution in [1.29, 1.82) is 0 Å². The van der Waals surface area contributed by atoms with Crippen LogP contribution in [0.15, 0.2) is 0 Å². The van der Waals surface area contributed by atoms with Crippen LogP contribution in [-0.4, -0.2) is 0 Å². The van der Waals surface area contributed by atoms with Gasteiger partial charge < -0.3 is 0 Å². The van der Waals surface area contributed by atoms with Gasteiger partial charge in [-0.3, -0.25) is 0 Å². The summed E-state index contributed by atoms with van der Waals surface area (Å²) in [7, 11) is 0. The van der Waals surface area contributed by atoms with Crippen molar-refractivity contribution in [3.63, 3.8) is 0 Å². The second kappa shape index (κ2) is 9.63.